The van der Waals surface area contributed by atoms with Crippen molar-refractivity contribution in [3.05, 3.63) is 18.0 Å². The molecule has 0 saturated carbocycles. The molecule has 1 N–H and O–H groups in total. The number of nitrogens with one attached hydrogen (secondary N) is 1. The SMILES string of the molecule is Cn1nccc1CCN1CCNC(C)(C)C1=O. The average Bonchev–Trinajstić information content (AvgIpc) is 2.66. The molecule has 94 valence electrons. The molecule has 0 spiro atoms. The first-order valence-electron chi connectivity index (χ1n) is 6.02. The molecule has 0 aliphatic carbocycles. The van der Waals surface area contributed by atoms with Crippen LogP contribution in [0.1, 0.15) is 19.5 Å². The molecule has 1 aliphatic rings. The molecule has 5 heteroatoms. The number of hydrogen-bond donors (Lipinski definition) is 1. The second kappa shape index (κ2) is 4.49. The first-order chi connectivity index (χ1) is 8.00. The number of aryl methyl sites for hydroxylation is 1. The van der Waals surface area contributed by atoms with Crippen LogP contribution in [0, 0.1) is 0 Å². The molecule has 0 radical (unpaired) electrons. The summed E-state index contributed by atoms with van der Waals surface area (Å²) in [6.07, 6.45) is 2.65. The van der Waals surface area contributed by atoms with Crippen LogP contribution in [0.25, 0.3) is 0 Å². The highest BCUT2D eigenvalue weighted by Crippen LogP contribution is 2.13. The molecule has 1 aromatic heterocycles. The van der Waals surface area contributed by atoms with Crippen molar-refractivity contribution in [3.8, 4) is 0 Å². The monoisotopic (exact) mass is 236 g/mol. The lowest BCUT2D eigenvalue weighted by Crippen LogP contribution is -2.61. The third-order valence-corrected chi connectivity index (χ3v) is 3.33. The predicted molar refractivity (Wildman–Crippen MR) is 65.6 cm³/mol. The van der Waals surface area contributed by atoms with Gasteiger partial charge in [0.05, 0.1) is 5.54 Å². The number of aromatic nitrogens is 2. The summed E-state index contributed by atoms with van der Waals surface area (Å²) in [4.78, 5) is 14.1. The highest BCUT2D eigenvalue weighted by Gasteiger charge is 2.34. The summed E-state index contributed by atoms with van der Waals surface area (Å²) in [6, 6.07) is 2.00. The van der Waals surface area contributed by atoms with Crippen LogP contribution >= 0.6 is 0 Å². The Kier molecular flexibility index (Phi) is 3.19. The van der Waals surface area contributed by atoms with Crippen molar-refractivity contribution < 1.29 is 4.79 Å². The predicted octanol–water partition coefficient (Wildman–Crippen LogP) is 0.173. The number of carbonyl (C=O) groups excluding carboxylic acids is 1. The van der Waals surface area contributed by atoms with E-state index in [1.807, 2.05) is 36.5 Å². The maximum Gasteiger partial charge on any atom is 0.242 e. The lowest BCUT2D eigenvalue weighted by molar-refractivity contribution is -0.139. The number of amides is 1. The zero-order valence-corrected chi connectivity index (χ0v) is 10.7. The van der Waals surface area contributed by atoms with Gasteiger partial charge in [-0.1, -0.05) is 0 Å². The summed E-state index contributed by atoms with van der Waals surface area (Å²) in [5.41, 5.74) is 0.735. The van der Waals surface area contributed by atoms with Crippen molar-refractivity contribution in [2.24, 2.45) is 7.05 Å². The Labute approximate surface area is 102 Å². The molecule has 1 saturated heterocycles. The molecule has 1 aliphatic heterocycles. The van der Waals surface area contributed by atoms with E-state index in [4.69, 9.17) is 0 Å². The van der Waals surface area contributed by atoms with Gasteiger partial charge < -0.3 is 10.2 Å². The van der Waals surface area contributed by atoms with Crippen LogP contribution in [-0.2, 0) is 18.3 Å². The van der Waals surface area contributed by atoms with Gasteiger partial charge in [0.15, 0.2) is 0 Å². The van der Waals surface area contributed by atoms with Crippen molar-refractivity contribution >= 4 is 5.91 Å². The Morgan fingerprint density at radius 3 is 2.94 bits per heavy atom. The first kappa shape index (κ1) is 12.1. The van der Waals surface area contributed by atoms with Crippen LogP contribution in [0.3, 0.4) is 0 Å². The summed E-state index contributed by atoms with van der Waals surface area (Å²) < 4.78 is 1.86. The Hall–Kier alpha value is -1.36. The Morgan fingerprint density at radius 2 is 2.29 bits per heavy atom. The van der Waals surface area contributed by atoms with Gasteiger partial charge in [0, 0.05) is 45.0 Å². The van der Waals surface area contributed by atoms with Crippen LogP contribution in [-0.4, -0.2) is 45.8 Å². The fourth-order valence-electron chi connectivity index (χ4n) is 2.19. The standard InChI is InChI=1S/C12H20N4O/c1-12(2)11(17)16(9-7-13-12)8-5-10-4-6-14-15(10)3/h4,6,13H,5,7-9H2,1-3H3. The largest absolute Gasteiger partial charge is 0.339 e. The average molecular weight is 236 g/mol. The van der Waals surface area contributed by atoms with E-state index in [1.165, 1.54) is 0 Å². The molecule has 5 nitrogen and oxygen atoms in total. The molecule has 2 heterocycles. The molecule has 0 unspecified atom stereocenters. The fraction of sp³-hybridized carbons (Fsp3) is 0.667. The smallest absolute Gasteiger partial charge is 0.242 e. The van der Waals surface area contributed by atoms with Crippen LogP contribution in [0.4, 0.5) is 0 Å². The Morgan fingerprint density at radius 1 is 1.53 bits per heavy atom. The van der Waals surface area contributed by atoms with Gasteiger partial charge in [0.2, 0.25) is 5.91 Å². The van der Waals surface area contributed by atoms with Crippen molar-refractivity contribution in [2.75, 3.05) is 19.6 Å². The van der Waals surface area contributed by atoms with E-state index in [-0.39, 0.29) is 5.91 Å². The second-order valence-electron chi connectivity index (χ2n) is 5.04. The summed E-state index contributed by atoms with van der Waals surface area (Å²) in [5, 5.41) is 7.36. The Balaban J connectivity index is 1.95. The second-order valence-corrected chi connectivity index (χ2v) is 5.04. The van der Waals surface area contributed by atoms with E-state index in [0.29, 0.717) is 0 Å². The number of hydrogen-bond acceptors (Lipinski definition) is 3. The highest BCUT2D eigenvalue weighted by atomic mass is 16.2. The lowest BCUT2D eigenvalue weighted by atomic mass is 10.0. The zero-order chi connectivity index (χ0) is 12.5. The van der Waals surface area contributed by atoms with Crippen LogP contribution < -0.4 is 5.32 Å². The quantitative estimate of drug-likeness (QED) is 0.814. The summed E-state index contributed by atoms with van der Waals surface area (Å²) >= 11 is 0. The third-order valence-electron chi connectivity index (χ3n) is 3.33. The number of carbonyl (C=O) groups is 1. The van der Waals surface area contributed by atoms with Gasteiger partial charge in [-0.05, 0) is 19.9 Å². The lowest BCUT2D eigenvalue weighted by Gasteiger charge is -2.38. The summed E-state index contributed by atoms with van der Waals surface area (Å²) in [5.74, 6) is 0.186. The van der Waals surface area contributed by atoms with Crippen molar-refractivity contribution in [1.82, 2.24) is 20.0 Å². The van der Waals surface area contributed by atoms with Crippen molar-refractivity contribution in [2.45, 2.75) is 25.8 Å². The van der Waals surface area contributed by atoms with E-state index in [1.54, 1.807) is 6.20 Å². The van der Waals surface area contributed by atoms with Gasteiger partial charge in [0.25, 0.3) is 0 Å². The molecule has 1 aromatic rings. The van der Waals surface area contributed by atoms with Crippen LogP contribution in [0.5, 0.6) is 0 Å². The van der Waals surface area contributed by atoms with E-state index in [2.05, 4.69) is 10.4 Å². The van der Waals surface area contributed by atoms with E-state index >= 15 is 0 Å². The Bertz CT molecular complexity index is 410. The minimum atomic E-state index is -0.426. The number of piperazine rings is 1. The van der Waals surface area contributed by atoms with Crippen LogP contribution in [0.2, 0.25) is 0 Å². The van der Waals surface area contributed by atoms with Crippen LogP contribution in [0.15, 0.2) is 12.3 Å². The molecular formula is C12H20N4O. The van der Waals surface area contributed by atoms with E-state index in [0.717, 1.165) is 31.7 Å². The number of nitrogens with zero attached hydrogens (tertiary/aromatic N) is 3. The molecular weight excluding hydrogens is 216 g/mol. The van der Waals surface area contributed by atoms with E-state index < -0.39 is 5.54 Å². The minimum Gasteiger partial charge on any atom is -0.339 e. The number of rotatable bonds is 3. The van der Waals surface area contributed by atoms with Gasteiger partial charge in [-0.3, -0.25) is 9.48 Å². The highest BCUT2D eigenvalue weighted by molar-refractivity contribution is 5.86. The van der Waals surface area contributed by atoms with Crippen molar-refractivity contribution in [1.29, 1.82) is 0 Å². The van der Waals surface area contributed by atoms with Gasteiger partial charge in [-0.15, -0.1) is 0 Å². The molecule has 0 aromatic carbocycles. The van der Waals surface area contributed by atoms with E-state index in [9.17, 15) is 4.79 Å². The molecule has 2 rings (SSSR count). The fourth-order valence-corrected chi connectivity index (χ4v) is 2.19. The van der Waals surface area contributed by atoms with Gasteiger partial charge in [0.1, 0.15) is 0 Å². The molecule has 17 heavy (non-hydrogen) atoms. The van der Waals surface area contributed by atoms with Crippen molar-refractivity contribution in [3.63, 3.8) is 0 Å². The van der Waals surface area contributed by atoms with Gasteiger partial charge >= 0.3 is 0 Å². The minimum absolute atomic E-state index is 0.186. The molecule has 0 atom stereocenters. The molecule has 1 amide bonds. The summed E-state index contributed by atoms with van der Waals surface area (Å²) in [6.45, 7) is 6.30. The maximum atomic E-state index is 12.1. The van der Waals surface area contributed by atoms with Gasteiger partial charge in [-0.25, -0.2) is 0 Å². The molecule has 0 bridgehead atoms. The molecule has 1 fully saturated rings. The zero-order valence-electron chi connectivity index (χ0n) is 10.7. The normalized spacial score (nSPS) is 19.7. The van der Waals surface area contributed by atoms with Gasteiger partial charge in [-0.2, -0.15) is 5.10 Å². The maximum absolute atomic E-state index is 12.1. The topological polar surface area (TPSA) is 50.2 Å². The summed E-state index contributed by atoms with van der Waals surface area (Å²) in [7, 11) is 1.93. The first-order valence-corrected chi connectivity index (χ1v) is 6.02. The third kappa shape index (κ3) is 2.49.